The van der Waals surface area contributed by atoms with Gasteiger partial charge in [0.25, 0.3) is 0 Å². The van der Waals surface area contributed by atoms with Gasteiger partial charge in [-0.1, -0.05) is 27.5 Å². The predicted octanol–water partition coefficient (Wildman–Crippen LogP) is 4.17. The number of aromatic nitrogens is 1. The number of amidine groups is 1. The van der Waals surface area contributed by atoms with E-state index in [0.29, 0.717) is 27.1 Å². The highest BCUT2D eigenvalue weighted by molar-refractivity contribution is 9.10. The van der Waals surface area contributed by atoms with Gasteiger partial charge in [-0.25, -0.2) is 4.98 Å². The molecular weight excluding hydrogens is 439 g/mol. The number of nitrogens with two attached hydrogens (primary N) is 1. The third-order valence-electron chi connectivity index (χ3n) is 4.23. The Balaban J connectivity index is 1.98. The highest BCUT2D eigenvalue weighted by atomic mass is 79.9. The summed E-state index contributed by atoms with van der Waals surface area (Å²) in [6, 6.07) is 6.63. The van der Waals surface area contributed by atoms with Gasteiger partial charge in [-0.15, -0.1) is 0 Å². The lowest BCUT2D eigenvalue weighted by atomic mass is 9.81. The fourth-order valence-electron chi connectivity index (χ4n) is 3.14. The summed E-state index contributed by atoms with van der Waals surface area (Å²) in [6.07, 6.45) is -5.52. The standard InChI is InChI=1S/C16H10BrClF3N3O2/c17-7-1-2-10-8(3-7)15(9-4-12(18)23-5-11(9)26-10)6-25-13(14(22)24-15)16(19,20)21/h1-5,13H,6H2,(H2,22,24)/t13-,15-/m1/s1. The highest BCUT2D eigenvalue weighted by Crippen LogP contribution is 2.51. The van der Waals surface area contributed by atoms with Gasteiger partial charge in [-0.2, -0.15) is 13.2 Å². The molecular formula is C16H10BrClF3N3O2. The van der Waals surface area contributed by atoms with E-state index in [1.54, 1.807) is 18.2 Å². The van der Waals surface area contributed by atoms with Gasteiger partial charge < -0.3 is 15.2 Å². The van der Waals surface area contributed by atoms with Gasteiger partial charge in [0.1, 0.15) is 22.3 Å². The van der Waals surface area contributed by atoms with Gasteiger partial charge in [0, 0.05) is 15.6 Å². The van der Waals surface area contributed by atoms with Crippen LogP contribution in [0.4, 0.5) is 13.2 Å². The molecule has 0 bridgehead atoms. The quantitative estimate of drug-likeness (QED) is 0.614. The smallest absolute Gasteiger partial charge is 0.421 e. The molecule has 2 atom stereocenters. The zero-order valence-electron chi connectivity index (χ0n) is 12.8. The molecule has 26 heavy (non-hydrogen) atoms. The molecule has 5 nitrogen and oxygen atoms in total. The topological polar surface area (TPSA) is 69.7 Å². The van der Waals surface area contributed by atoms with Crippen molar-refractivity contribution in [2.24, 2.45) is 10.7 Å². The molecule has 4 rings (SSSR count). The van der Waals surface area contributed by atoms with Crippen LogP contribution in [0.3, 0.4) is 0 Å². The number of benzene rings is 1. The van der Waals surface area contributed by atoms with Gasteiger partial charge in [-0.3, -0.25) is 4.99 Å². The number of aliphatic imine (C=N–C) groups is 1. The van der Waals surface area contributed by atoms with Crippen LogP contribution in [0.25, 0.3) is 0 Å². The monoisotopic (exact) mass is 447 g/mol. The summed E-state index contributed by atoms with van der Waals surface area (Å²) < 4.78 is 51.0. The van der Waals surface area contributed by atoms with Gasteiger partial charge in [0.2, 0.25) is 6.10 Å². The van der Waals surface area contributed by atoms with Crippen molar-refractivity contribution in [3.63, 3.8) is 0 Å². The van der Waals surface area contributed by atoms with Crippen LogP contribution in [-0.4, -0.2) is 29.7 Å². The maximum Gasteiger partial charge on any atom is 0.421 e. The van der Waals surface area contributed by atoms with Crippen LogP contribution in [-0.2, 0) is 10.3 Å². The van der Waals surface area contributed by atoms with E-state index in [1.165, 1.54) is 12.3 Å². The number of halogens is 5. The van der Waals surface area contributed by atoms with E-state index in [0.717, 1.165) is 0 Å². The normalized spacial score (nSPS) is 24.5. The first-order valence-corrected chi connectivity index (χ1v) is 8.55. The third-order valence-corrected chi connectivity index (χ3v) is 4.93. The second-order valence-corrected chi connectivity index (χ2v) is 7.18. The molecule has 1 aromatic carbocycles. The number of hydrogen-bond acceptors (Lipinski definition) is 5. The first-order valence-electron chi connectivity index (χ1n) is 7.38. The number of alkyl halides is 3. The second-order valence-electron chi connectivity index (χ2n) is 5.88. The number of fused-ring (bicyclic) bond motifs is 4. The minimum Gasteiger partial charge on any atom is -0.455 e. The molecule has 136 valence electrons. The molecule has 2 aliphatic heterocycles. The zero-order chi connectivity index (χ0) is 18.7. The molecule has 0 unspecified atom stereocenters. The maximum atomic E-state index is 13.1. The fourth-order valence-corrected chi connectivity index (χ4v) is 3.66. The SMILES string of the molecule is NC1=N[C@]2(CO[C@H]1C(F)(F)F)c1cc(Br)ccc1Oc1cnc(Cl)cc12. The lowest BCUT2D eigenvalue weighted by Crippen LogP contribution is -2.52. The van der Waals surface area contributed by atoms with Crippen LogP contribution in [0.2, 0.25) is 5.15 Å². The molecule has 0 fully saturated rings. The molecule has 3 heterocycles. The van der Waals surface area contributed by atoms with Crippen LogP contribution < -0.4 is 10.5 Å². The van der Waals surface area contributed by atoms with Crippen molar-refractivity contribution in [3.05, 3.63) is 51.2 Å². The van der Waals surface area contributed by atoms with Crippen molar-refractivity contribution < 1.29 is 22.6 Å². The summed E-state index contributed by atoms with van der Waals surface area (Å²) in [5, 5.41) is 0.150. The molecule has 1 aromatic heterocycles. The summed E-state index contributed by atoms with van der Waals surface area (Å²) in [7, 11) is 0. The van der Waals surface area contributed by atoms with E-state index >= 15 is 0 Å². The molecule has 0 radical (unpaired) electrons. The summed E-state index contributed by atoms with van der Waals surface area (Å²) in [4.78, 5) is 8.21. The van der Waals surface area contributed by atoms with Crippen molar-refractivity contribution in [1.82, 2.24) is 4.98 Å². The molecule has 1 spiro atoms. The summed E-state index contributed by atoms with van der Waals surface area (Å²) in [5.41, 5.74) is 5.31. The first kappa shape index (κ1) is 17.6. The highest BCUT2D eigenvalue weighted by Gasteiger charge is 2.52. The van der Waals surface area contributed by atoms with Gasteiger partial charge in [0.05, 0.1) is 12.8 Å². The van der Waals surface area contributed by atoms with E-state index < -0.39 is 23.7 Å². The van der Waals surface area contributed by atoms with Crippen LogP contribution in [0.15, 0.2) is 39.9 Å². The lowest BCUT2D eigenvalue weighted by molar-refractivity contribution is -0.203. The molecule has 0 aliphatic carbocycles. The van der Waals surface area contributed by atoms with Crippen LogP contribution >= 0.6 is 27.5 Å². The Kier molecular flexibility index (Phi) is 3.94. The summed E-state index contributed by atoms with van der Waals surface area (Å²) in [5.74, 6) is 0.0979. The minimum absolute atomic E-state index is 0.150. The van der Waals surface area contributed by atoms with Crippen molar-refractivity contribution in [2.45, 2.75) is 17.8 Å². The van der Waals surface area contributed by atoms with E-state index in [-0.39, 0.29) is 11.8 Å². The Bertz CT molecular complexity index is 884. The molecule has 0 amide bonds. The molecule has 10 heteroatoms. The molecule has 0 saturated heterocycles. The molecule has 2 aromatic rings. The second kappa shape index (κ2) is 5.83. The van der Waals surface area contributed by atoms with Crippen molar-refractivity contribution in [1.29, 1.82) is 0 Å². The average Bonchev–Trinajstić information content (AvgIpc) is 2.56. The van der Waals surface area contributed by atoms with Gasteiger partial charge in [-0.05, 0) is 24.3 Å². The third kappa shape index (κ3) is 2.65. The number of pyridine rings is 1. The van der Waals surface area contributed by atoms with Crippen molar-refractivity contribution in [2.75, 3.05) is 6.61 Å². The van der Waals surface area contributed by atoms with Crippen molar-refractivity contribution in [3.8, 4) is 11.5 Å². The number of ether oxygens (including phenoxy) is 2. The Labute approximate surface area is 159 Å². The largest absolute Gasteiger partial charge is 0.455 e. The Morgan fingerprint density at radius 1 is 1.23 bits per heavy atom. The Hall–Kier alpha value is -1.84. The Morgan fingerprint density at radius 3 is 2.65 bits per heavy atom. The Morgan fingerprint density at radius 2 is 1.96 bits per heavy atom. The van der Waals surface area contributed by atoms with Crippen LogP contribution in [0, 0.1) is 0 Å². The fraction of sp³-hybridized carbons (Fsp3) is 0.250. The van der Waals surface area contributed by atoms with E-state index in [1.807, 2.05) is 0 Å². The molecule has 2 N–H and O–H groups in total. The summed E-state index contributed by atoms with van der Waals surface area (Å²) in [6.45, 7) is -0.377. The lowest BCUT2D eigenvalue weighted by Gasteiger charge is -2.41. The van der Waals surface area contributed by atoms with Crippen LogP contribution in [0.5, 0.6) is 11.5 Å². The predicted molar refractivity (Wildman–Crippen MR) is 91.7 cm³/mol. The zero-order valence-corrected chi connectivity index (χ0v) is 15.2. The van der Waals surface area contributed by atoms with E-state index in [4.69, 9.17) is 26.8 Å². The molecule has 2 aliphatic rings. The van der Waals surface area contributed by atoms with E-state index in [9.17, 15) is 13.2 Å². The number of nitrogens with zero attached hydrogens (tertiary/aromatic N) is 2. The maximum absolute atomic E-state index is 13.1. The van der Waals surface area contributed by atoms with Gasteiger partial charge >= 0.3 is 6.18 Å². The van der Waals surface area contributed by atoms with Gasteiger partial charge in [0.15, 0.2) is 5.75 Å². The number of hydrogen-bond donors (Lipinski definition) is 1. The van der Waals surface area contributed by atoms with Crippen LogP contribution in [0.1, 0.15) is 11.1 Å². The molecule has 0 saturated carbocycles. The average molecular weight is 449 g/mol. The number of rotatable bonds is 0. The first-order chi connectivity index (χ1) is 12.2. The van der Waals surface area contributed by atoms with Crippen molar-refractivity contribution >= 4 is 33.4 Å². The summed E-state index contributed by atoms with van der Waals surface area (Å²) >= 11 is 9.36. The minimum atomic E-state index is -4.65. The van der Waals surface area contributed by atoms with E-state index in [2.05, 4.69) is 25.9 Å².